The zero-order valence-electron chi connectivity index (χ0n) is 14.7. The Bertz CT molecular complexity index is 463. The average molecular weight is 322 g/mol. The second-order valence-electron chi connectivity index (χ2n) is 7.11. The first-order chi connectivity index (χ1) is 11.1. The number of urea groups is 1. The number of carbonyl (C=O) groups excluding carboxylic acids is 2. The van der Waals surface area contributed by atoms with Gasteiger partial charge in [0.1, 0.15) is 5.54 Å². The van der Waals surface area contributed by atoms with Gasteiger partial charge in [0.2, 0.25) is 0 Å². The maximum Gasteiger partial charge on any atom is 0.325 e. The molecule has 3 aliphatic rings. The van der Waals surface area contributed by atoms with E-state index in [2.05, 4.69) is 35.9 Å². The van der Waals surface area contributed by atoms with Crippen molar-refractivity contribution in [2.45, 2.75) is 39.2 Å². The number of imide groups is 1. The minimum Gasteiger partial charge on any atom is -0.322 e. The molecule has 2 atom stereocenters. The Morgan fingerprint density at radius 2 is 1.74 bits per heavy atom. The van der Waals surface area contributed by atoms with Gasteiger partial charge in [-0.05, 0) is 32.5 Å². The van der Waals surface area contributed by atoms with Crippen LogP contribution in [-0.2, 0) is 4.79 Å². The van der Waals surface area contributed by atoms with Gasteiger partial charge in [-0.25, -0.2) is 4.79 Å². The minimum atomic E-state index is -0.605. The van der Waals surface area contributed by atoms with Gasteiger partial charge in [-0.3, -0.25) is 9.69 Å². The van der Waals surface area contributed by atoms with E-state index in [0.717, 1.165) is 52.1 Å². The number of carbonyl (C=O) groups is 2. The molecule has 3 amide bonds. The molecule has 23 heavy (non-hydrogen) atoms. The predicted octanol–water partition coefficient (Wildman–Crippen LogP) is 0.981. The normalized spacial score (nSPS) is 34.0. The molecule has 1 saturated carbocycles. The summed E-state index contributed by atoms with van der Waals surface area (Å²) in [5, 5.41) is 3.13. The van der Waals surface area contributed by atoms with Crippen LogP contribution in [0.5, 0.6) is 0 Å². The number of hydrogen-bond acceptors (Lipinski definition) is 4. The molecule has 0 aromatic heterocycles. The molecule has 6 nitrogen and oxygen atoms in total. The number of piperidine rings is 1. The van der Waals surface area contributed by atoms with Crippen LogP contribution in [0.25, 0.3) is 0 Å². The van der Waals surface area contributed by atoms with Crippen LogP contribution in [0.15, 0.2) is 0 Å². The van der Waals surface area contributed by atoms with Gasteiger partial charge in [0.15, 0.2) is 0 Å². The lowest BCUT2D eigenvalue weighted by Gasteiger charge is -2.43. The first kappa shape index (κ1) is 16.7. The molecule has 2 bridgehead atoms. The van der Waals surface area contributed by atoms with Gasteiger partial charge in [-0.2, -0.15) is 0 Å². The molecular formula is C17H30N4O2. The van der Waals surface area contributed by atoms with Crippen molar-refractivity contribution < 1.29 is 9.59 Å². The zero-order chi connectivity index (χ0) is 16.6. The summed E-state index contributed by atoms with van der Waals surface area (Å²) in [5.41, 5.74) is -0.605. The fraction of sp³-hybridized carbons (Fsp3) is 0.882. The lowest BCUT2D eigenvalue weighted by atomic mass is 9.77. The second-order valence-corrected chi connectivity index (χ2v) is 7.11. The van der Waals surface area contributed by atoms with E-state index in [-0.39, 0.29) is 23.8 Å². The summed E-state index contributed by atoms with van der Waals surface area (Å²) in [4.78, 5) is 31.8. The van der Waals surface area contributed by atoms with Gasteiger partial charge < -0.3 is 15.1 Å². The highest BCUT2D eigenvalue weighted by Crippen LogP contribution is 2.48. The van der Waals surface area contributed by atoms with Gasteiger partial charge in [0, 0.05) is 38.0 Å². The Balaban J connectivity index is 1.74. The highest BCUT2D eigenvalue weighted by molar-refractivity contribution is 6.07. The van der Waals surface area contributed by atoms with Crippen LogP contribution in [0, 0.1) is 11.8 Å². The first-order valence-corrected chi connectivity index (χ1v) is 9.15. The zero-order valence-corrected chi connectivity index (χ0v) is 14.7. The third-order valence-electron chi connectivity index (χ3n) is 6.25. The van der Waals surface area contributed by atoms with Crippen molar-refractivity contribution in [3.05, 3.63) is 0 Å². The average Bonchev–Trinajstić information content (AvgIpc) is 2.90. The van der Waals surface area contributed by atoms with E-state index in [9.17, 15) is 9.59 Å². The highest BCUT2D eigenvalue weighted by Gasteiger charge is 2.64. The van der Waals surface area contributed by atoms with Gasteiger partial charge in [-0.15, -0.1) is 0 Å². The number of nitrogens with zero attached hydrogens (tertiary/aromatic N) is 3. The van der Waals surface area contributed by atoms with Crippen molar-refractivity contribution in [2.24, 2.45) is 11.8 Å². The standard InChI is InChI=1S/C17H30N4O2/c1-4-19(5-2)9-10-21-15(22)17(18-16(21)23)13-7-8-14(17)12-20(6-3)11-13/h13-14H,4-12H2,1-3H3,(H,18,23). The molecule has 130 valence electrons. The van der Waals surface area contributed by atoms with Crippen molar-refractivity contribution in [1.29, 1.82) is 0 Å². The second kappa shape index (κ2) is 6.40. The van der Waals surface area contributed by atoms with E-state index in [1.54, 1.807) is 0 Å². The van der Waals surface area contributed by atoms with E-state index < -0.39 is 5.54 Å². The summed E-state index contributed by atoms with van der Waals surface area (Å²) in [7, 11) is 0. The molecular weight excluding hydrogens is 292 g/mol. The van der Waals surface area contributed by atoms with E-state index in [1.807, 2.05) is 0 Å². The molecule has 2 aliphatic heterocycles. The predicted molar refractivity (Wildman–Crippen MR) is 89.1 cm³/mol. The fourth-order valence-corrected chi connectivity index (χ4v) is 4.77. The molecule has 0 aromatic rings. The quantitative estimate of drug-likeness (QED) is 0.741. The van der Waals surface area contributed by atoms with Crippen molar-refractivity contribution in [3.8, 4) is 0 Å². The van der Waals surface area contributed by atoms with E-state index >= 15 is 0 Å². The van der Waals surface area contributed by atoms with Gasteiger partial charge in [-0.1, -0.05) is 20.8 Å². The van der Waals surface area contributed by atoms with E-state index in [0.29, 0.717) is 6.54 Å². The van der Waals surface area contributed by atoms with Crippen LogP contribution in [0.1, 0.15) is 33.6 Å². The Labute approximate surface area is 139 Å². The Morgan fingerprint density at radius 3 is 2.26 bits per heavy atom. The number of likely N-dealkylation sites (N-methyl/N-ethyl adjacent to an activating group) is 1. The van der Waals surface area contributed by atoms with Gasteiger partial charge >= 0.3 is 6.03 Å². The largest absolute Gasteiger partial charge is 0.325 e. The first-order valence-electron chi connectivity index (χ1n) is 9.15. The summed E-state index contributed by atoms with van der Waals surface area (Å²) < 4.78 is 0. The number of rotatable bonds is 6. The van der Waals surface area contributed by atoms with Crippen LogP contribution in [0.3, 0.4) is 0 Å². The molecule has 1 spiro atoms. The van der Waals surface area contributed by atoms with E-state index in [4.69, 9.17) is 0 Å². The van der Waals surface area contributed by atoms with Crippen LogP contribution in [0.4, 0.5) is 4.79 Å². The molecule has 6 heteroatoms. The molecule has 2 saturated heterocycles. The fourth-order valence-electron chi connectivity index (χ4n) is 4.77. The van der Waals surface area contributed by atoms with Crippen LogP contribution < -0.4 is 5.32 Å². The maximum atomic E-state index is 13.1. The molecule has 1 N–H and O–H groups in total. The number of amides is 3. The van der Waals surface area contributed by atoms with Gasteiger partial charge in [0.05, 0.1) is 0 Å². The molecule has 3 rings (SSSR count). The number of likely N-dealkylation sites (tertiary alicyclic amines) is 1. The Morgan fingerprint density at radius 1 is 1.13 bits per heavy atom. The topological polar surface area (TPSA) is 55.9 Å². The third-order valence-corrected chi connectivity index (χ3v) is 6.25. The summed E-state index contributed by atoms with van der Waals surface area (Å²) in [5.74, 6) is 0.588. The van der Waals surface area contributed by atoms with Crippen molar-refractivity contribution in [3.63, 3.8) is 0 Å². The lowest BCUT2D eigenvalue weighted by Crippen LogP contribution is -2.63. The van der Waals surface area contributed by atoms with Crippen molar-refractivity contribution >= 4 is 11.9 Å². The molecule has 0 radical (unpaired) electrons. The smallest absolute Gasteiger partial charge is 0.322 e. The molecule has 0 aromatic carbocycles. The summed E-state index contributed by atoms with van der Waals surface area (Å²) >= 11 is 0. The monoisotopic (exact) mass is 322 g/mol. The SMILES string of the molecule is CCN(CC)CCN1C(=O)NC2(C1=O)C1CCC2CN(CC)C1. The van der Waals surface area contributed by atoms with Crippen LogP contribution in [0.2, 0.25) is 0 Å². The van der Waals surface area contributed by atoms with Gasteiger partial charge in [0.25, 0.3) is 5.91 Å². The molecule has 2 unspecified atom stereocenters. The van der Waals surface area contributed by atoms with Crippen LogP contribution >= 0.6 is 0 Å². The van der Waals surface area contributed by atoms with Crippen molar-refractivity contribution in [2.75, 3.05) is 45.8 Å². The van der Waals surface area contributed by atoms with Crippen LogP contribution in [-0.4, -0.2) is 78.0 Å². The molecule has 1 aliphatic carbocycles. The number of hydrogen-bond donors (Lipinski definition) is 1. The summed E-state index contributed by atoms with van der Waals surface area (Å²) in [6.07, 6.45) is 2.11. The summed E-state index contributed by atoms with van der Waals surface area (Å²) in [6, 6.07) is -0.177. The summed E-state index contributed by atoms with van der Waals surface area (Å²) in [6.45, 7) is 12.4. The molecule has 2 heterocycles. The molecule has 3 fully saturated rings. The highest BCUT2D eigenvalue weighted by atomic mass is 16.2. The lowest BCUT2D eigenvalue weighted by molar-refractivity contribution is -0.136. The van der Waals surface area contributed by atoms with Crippen molar-refractivity contribution in [1.82, 2.24) is 20.0 Å². The minimum absolute atomic E-state index is 0.0397. The number of nitrogens with one attached hydrogen (secondary N) is 1. The third kappa shape index (κ3) is 2.56. The maximum absolute atomic E-state index is 13.1. The van der Waals surface area contributed by atoms with E-state index in [1.165, 1.54) is 4.90 Å². The Kier molecular flexibility index (Phi) is 4.65. The Hall–Kier alpha value is -1.14.